The van der Waals surface area contributed by atoms with Crippen molar-refractivity contribution in [2.75, 3.05) is 0 Å². The molecule has 0 aromatic carbocycles. The number of aliphatic hydroxyl groups excluding tert-OH is 1. The van der Waals surface area contributed by atoms with Crippen LogP contribution in [0.1, 0.15) is 38.4 Å². The Kier molecular flexibility index (Phi) is 3.32. The fraction of sp³-hybridized carbons (Fsp3) is 0.455. The summed E-state index contributed by atoms with van der Waals surface area (Å²) in [5, 5.41) is 9.74. The van der Waals surface area contributed by atoms with Gasteiger partial charge in [-0.25, -0.2) is 0 Å². The van der Waals surface area contributed by atoms with Gasteiger partial charge in [0.15, 0.2) is 0 Å². The van der Waals surface area contributed by atoms with Crippen LogP contribution in [0.3, 0.4) is 0 Å². The van der Waals surface area contributed by atoms with Crippen LogP contribution in [0.4, 0.5) is 0 Å². The van der Waals surface area contributed by atoms with Crippen LogP contribution in [0.2, 0.25) is 0 Å². The number of furan rings is 1. The van der Waals surface area contributed by atoms with E-state index in [-0.39, 0.29) is 0 Å². The van der Waals surface area contributed by atoms with Gasteiger partial charge in [-0.1, -0.05) is 13.0 Å². The SMILES string of the molecule is C/C=C(\C)C(O)c1ccc(CC)o1. The lowest BCUT2D eigenvalue weighted by molar-refractivity contribution is 0.182. The van der Waals surface area contributed by atoms with Crippen molar-refractivity contribution in [1.29, 1.82) is 0 Å². The van der Waals surface area contributed by atoms with Gasteiger partial charge in [0.2, 0.25) is 0 Å². The molecule has 2 heteroatoms. The number of allylic oxidation sites excluding steroid dienone is 1. The Hall–Kier alpha value is -1.02. The summed E-state index contributed by atoms with van der Waals surface area (Å²) in [5.41, 5.74) is 0.914. The summed E-state index contributed by atoms with van der Waals surface area (Å²) in [7, 11) is 0. The number of rotatable bonds is 3. The smallest absolute Gasteiger partial charge is 0.136 e. The highest BCUT2D eigenvalue weighted by Gasteiger charge is 2.12. The van der Waals surface area contributed by atoms with Crippen LogP contribution >= 0.6 is 0 Å². The quantitative estimate of drug-likeness (QED) is 0.725. The number of hydrogen-bond acceptors (Lipinski definition) is 2. The molecule has 0 saturated carbocycles. The predicted octanol–water partition coefficient (Wildman–Crippen LogP) is 2.84. The van der Waals surface area contributed by atoms with Gasteiger partial charge in [-0.2, -0.15) is 0 Å². The minimum Gasteiger partial charge on any atom is -0.463 e. The Morgan fingerprint density at radius 3 is 2.77 bits per heavy atom. The summed E-state index contributed by atoms with van der Waals surface area (Å²) in [6.45, 7) is 5.82. The maximum absolute atomic E-state index is 9.74. The average Bonchev–Trinajstić information content (AvgIpc) is 2.63. The third kappa shape index (κ3) is 2.22. The molecule has 72 valence electrons. The summed E-state index contributed by atoms with van der Waals surface area (Å²) >= 11 is 0. The lowest BCUT2D eigenvalue weighted by atomic mass is 10.1. The molecule has 1 rings (SSSR count). The van der Waals surface area contributed by atoms with Crippen LogP contribution in [0.15, 0.2) is 28.2 Å². The maximum Gasteiger partial charge on any atom is 0.136 e. The number of hydrogen-bond donors (Lipinski definition) is 1. The minimum absolute atomic E-state index is 0.592. The molecule has 1 aromatic rings. The van der Waals surface area contributed by atoms with Crippen molar-refractivity contribution in [3.8, 4) is 0 Å². The van der Waals surface area contributed by atoms with Gasteiger partial charge >= 0.3 is 0 Å². The van der Waals surface area contributed by atoms with Crippen molar-refractivity contribution in [2.24, 2.45) is 0 Å². The molecule has 0 spiro atoms. The largest absolute Gasteiger partial charge is 0.463 e. The Balaban J connectivity index is 2.82. The Morgan fingerprint density at radius 1 is 1.62 bits per heavy atom. The summed E-state index contributed by atoms with van der Waals surface area (Å²) in [5.74, 6) is 1.55. The molecule has 0 fully saturated rings. The van der Waals surface area contributed by atoms with E-state index in [1.165, 1.54) is 0 Å². The molecule has 1 aromatic heterocycles. The Bertz CT molecular complexity index is 297. The topological polar surface area (TPSA) is 33.4 Å². The van der Waals surface area contributed by atoms with Gasteiger partial charge in [-0.3, -0.25) is 0 Å². The molecule has 1 unspecified atom stereocenters. The van der Waals surface area contributed by atoms with Gasteiger partial charge in [-0.15, -0.1) is 0 Å². The highest BCUT2D eigenvalue weighted by Crippen LogP contribution is 2.23. The first-order chi connectivity index (χ1) is 6.19. The zero-order valence-electron chi connectivity index (χ0n) is 8.37. The van der Waals surface area contributed by atoms with Gasteiger partial charge in [0.25, 0.3) is 0 Å². The third-order valence-electron chi connectivity index (χ3n) is 2.19. The fourth-order valence-electron chi connectivity index (χ4n) is 1.11. The van der Waals surface area contributed by atoms with Crippen molar-refractivity contribution in [1.82, 2.24) is 0 Å². The van der Waals surface area contributed by atoms with Crippen molar-refractivity contribution >= 4 is 0 Å². The van der Waals surface area contributed by atoms with Crippen LogP contribution in [-0.2, 0) is 6.42 Å². The van der Waals surface area contributed by atoms with Crippen molar-refractivity contribution in [3.05, 3.63) is 35.3 Å². The second kappa shape index (κ2) is 4.28. The van der Waals surface area contributed by atoms with E-state index in [0.29, 0.717) is 5.76 Å². The molecular weight excluding hydrogens is 164 g/mol. The minimum atomic E-state index is -0.592. The molecule has 0 saturated heterocycles. The molecule has 0 aliphatic carbocycles. The standard InChI is InChI=1S/C11H16O2/c1-4-8(3)11(12)10-7-6-9(5-2)13-10/h4,6-7,11-12H,5H2,1-3H3/b8-4+. The van der Waals surface area contributed by atoms with Gasteiger partial charge < -0.3 is 9.52 Å². The van der Waals surface area contributed by atoms with E-state index < -0.39 is 6.10 Å². The normalized spacial score (nSPS) is 14.6. The number of aliphatic hydroxyl groups is 1. The highest BCUT2D eigenvalue weighted by molar-refractivity contribution is 5.18. The average molecular weight is 180 g/mol. The molecule has 13 heavy (non-hydrogen) atoms. The molecule has 0 aliphatic rings. The zero-order valence-corrected chi connectivity index (χ0v) is 8.37. The molecule has 1 N–H and O–H groups in total. The Labute approximate surface area is 78.9 Å². The lowest BCUT2D eigenvalue weighted by Crippen LogP contribution is -1.96. The molecular formula is C11H16O2. The second-order valence-corrected chi connectivity index (χ2v) is 3.09. The molecule has 0 radical (unpaired) electrons. The lowest BCUT2D eigenvalue weighted by Gasteiger charge is -2.06. The fourth-order valence-corrected chi connectivity index (χ4v) is 1.11. The van der Waals surface area contributed by atoms with Gasteiger partial charge in [0, 0.05) is 6.42 Å². The first-order valence-electron chi connectivity index (χ1n) is 4.58. The Morgan fingerprint density at radius 2 is 2.31 bits per heavy atom. The summed E-state index contributed by atoms with van der Waals surface area (Å²) in [6, 6.07) is 3.73. The van der Waals surface area contributed by atoms with Gasteiger partial charge in [0.1, 0.15) is 17.6 Å². The van der Waals surface area contributed by atoms with E-state index >= 15 is 0 Å². The van der Waals surface area contributed by atoms with Crippen molar-refractivity contribution in [2.45, 2.75) is 33.3 Å². The predicted molar refractivity (Wildman–Crippen MR) is 52.5 cm³/mol. The molecule has 2 nitrogen and oxygen atoms in total. The van der Waals surface area contributed by atoms with Crippen LogP contribution in [-0.4, -0.2) is 5.11 Å². The first-order valence-corrected chi connectivity index (χ1v) is 4.58. The van der Waals surface area contributed by atoms with Crippen LogP contribution < -0.4 is 0 Å². The molecule has 0 bridgehead atoms. The third-order valence-corrected chi connectivity index (χ3v) is 2.19. The van der Waals surface area contributed by atoms with Gasteiger partial charge in [0.05, 0.1) is 0 Å². The molecule has 0 aliphatic heterocycles. The van der Waals surface area contributed by atoms with E-state index in [0.717, 1.165) is 17.8 Å². The molecule has 1 heterocycles. The van der Waals surface area contributed by atoms with E-state index in [1.807, 2.05) is 39.0 Å². The maximum atomic E-state index is 9.74. The van der Waals surface area contributed by atoms with Gasteiger partial charge in [-0.05, 0) is 31.6 Å². The second-order valence-electron chi connectivity index (χ2n) is 3.09. The molecule has 1 atom stereocenters. The summed E-state index contributed by atoms with van der Waals surface area (Å²) in [6.07, 6.45) is 2.16. The zero-order chi connectivity index (χ0) is 9.84. The van der Waals surface area contributed by atoms with Crippen LogP contribution in [0.5, 0.6) is 0 Å². The first kappa shape index (κ1) is 10.1. The highest BCUT2D eigenvalue weighted by atomic mass is 16.4. The summed E-state index contributed by atoms with van der Waals surface area (Å²) < 4.78 is 5.43. The van der Waals surface area contributed by atoms with E-state index in [1.54, 1.807) is 0 Å². The summed E-state index contributed by atoms with van der Waals surface area (Å²) in [4.78, 5) is 0. The van der Waals surface area contributed by atoms with E-state index in [9.17, 15) is 5.11 Å². The number of aryl methyl sites for hydroxylation is 1. The van der Waals surface area contributed by atoms with Crippen LogP contribution in [0.25, 0.3) is 0 Å². The van der Waals surface area contributed by atoms with Crippen LogP contribution in [0, 0.1) is 0 Å². The van der Waals surface area contributed by atoms with Crippen molar-refractivity contribution < 1.29 is 9.52 Å². The van der Waals surface area contributed by atoms with E-state index in [2.05, 4.69) is 0 Å². The monoisotopic (exact) mass is 180 g/mol. The molecule has 0 amide bonds. The van der Waals surface area contributed by atoms with E-state index in [4.69, 9.17) is 4.42 Å². The van der Waals surface area contributed by atoms with Crippen molar-refractivity contribution in [3.63, 3.8) is 0 Å².